The Balaban J connectivity index is 1.70. The molecule has 146 valence electrons. The molecule has 0 bridgehead atoms. The van der Waals surface area contributed by atoms with E-state index in [2.05, 4.69) is 21.7 Å². The Morgan fingerprint density at radius 2 is 1.90 bits per heavy atom. The maximum Gasteiger partial charge on any atom is 0.338 e. The molecule has 0 radical (unpaired) electrons. The van der Waals surface area contributed by atoms with Gasteiger partial charge in [-0.25, -0.2) is 9.78 Å². The third kappa shape index (κ3) is 4.49. The summed E-state index contributed by atoms with van der Waals surface area (Å²) in [5.41, 5.74) is 4.46. The molecule has 0 aliphatic carbocycles. The van der Waals surface area contributed by atoms with Crippen LogP contribution in [-0.4, -0.2) is 27.1 Å². The Kier molecular flexibility index (Phi) is 5.91. The van der Waals surface area contributed by atoms with Gasteiger partial charge in [-0.1, -0.05) is 48.2 Å². The first-order valence-corrected chi connectivity index (χ1v) is 10.5. The lowest BCUT2D eigenvalue weighted by Crippen LogP contribution is -2.05. The van der Waals surface area contributed by atoms with Crippen LogP contribution in [0.4, 0.5) is 0 Å². The molecule has 2 aromatic heterocycles. The molecule has 0 atom stereocenters. The van der Waals surface area contributed by atoms with Crippen molar-refractivity contribution in [1.82, 2.24) is 14.5 Å². The minimum absolute atomic E-state index is 0.327. The van der Waals surface area contributed by atoms with E-state index in [-0.39, 0.29) is 5.97 Å². The second-order valence-electron chi connectivity index (χ2n) is 6.50. The number of rotatable bonds is 7. The van der Waals surface area contributed by atoms with Crippen molar-refractivity contribution < 1.29 is 9.53 Å². The van der Waals surface area contributed by atoms with E-state index in [4.69, 9.17) is 9.72 Å². The van der Waals surface area contributed by atoms with Crippen LogP contribution < -0.4 is 0 Å². The molecular weight excluding hydrogens is 382 g/mol. The highest BCUT2D eigenvalue weighted by molar-refractivity contribution is 7.98. The van der Waals surface area contributed by atoms with Crippen LogP contribution >= 0.6 is 11.8 Å². The van der Waals surface area contributed by atoms with Gasteiger partial charge in [0, 0.05) is 11.9 Å². The van der Waals surface area contributed by atoms with Gasteiger partial charge in [-0.15, -0.1) is 0 Å². The summed E-state index contributed by atoms with van der Waals surface area (Å²) in [6.07, 6.45) is 1.80. The molecule has 6 heteroatoms. The van der Waals surface area contributed by atoms with Crippen molar-refractivity contribution in [2.45, 2.75) is 24.4 Å². The zero-order chi connectivity index (χ0) is 20.1. The molecule has 4 aromatic rings. The van der Waals surface area contributed by atoms with E-state index in [1.54, 1.807) is 37.0 Å². The van der Waals surface area contributed by atoms with Gasteiger partial charge in [-0.3, -0.25) is 4.98 Å². The van der Waals surface area contributed by atoms with E-state index < -0.39 is 0 Å². The predicted octanol–water partition coefficient (Wildman–Crippen LogP) is 4.95. The topological polar surface area (TPSA) is 57.0 Å². The van der Waals surface area contributed by atoms with Crippen molar-refractivity contribution in [2.24, 2.45) is 0 Å². The lowest BCUT2D eigenvalue weighted by molar-refractivity contribution is 0.0526. The Morgan fingerprint density at radius 3 is 2.66 bits per heavy atom. The molecule has 5 nitrogen and oxygen atoms in total. The van der Waals surface area contributed by atoms with Crippen LogP contribution in [0.5, 0.6) is 0 Å². The van der Waals surface area contributed by atoms with E-state index in [0.29, 0.717) is 18.7 Å². The largest absolute Gasteiger partial charge is 0.462 e. The standard InChI is InChI=1S/C23H21N3O2S/c1-2-28-22(27)18-11-12-21-20(14-18)25-23(29-16-17-8-4-3-5-9-17)26(21)15-19-10-6-7-13-24-19/h3-14H,2,15-16H2,1H3. The van der Waals surface area contributed by atoms with Crippen LogP contribution in [0.3, 0.4) is 0 Å². The summed E-state index contributed by atoms with van der Waals surface area (Å²) in [7, 11) is 0. The smallest absolute Gasteiger partial charge is 0.338 e. The number of ether oxygens (including phenoxy) is 1. The Bertz CT molecular complexity index is 1110. The Morgan fingerprint density at radius 1 is 1.07 bits per heavy atom. The van der Waals surface area contributed by atoms with Crippen molar-refractivity contribution >= 4 is 28.8 Å². The van der Waals surface area contributed by atoms with Gasteiger partial charge in [0.1, 0.15) is 0 Å². The number of aromatic nitrogens is 3. The maximum atomic E-state index is 12.1. The number of hydrogen-bond donors (Lipinski definition) is 0. The number of hydrogen-bond acceptors (Lipinski definition) is 5. The van der Waals surface area contributed by atoms with Gasteiger partial charge in [0.25, 0.3) is 0 Å². The minimum Gasteiger partial charge on any atom is -0.462 e. The van der Waals surface area contributed by atoms with Crippen LogP contribution in [0, 0.1) is 0 Å². The van der Waals surface area contributed by atoms with Gasteiger partial charge in [0.15, 0.2) is 5.16 Å². The summed E-state index contributed by atoms with van der Waals surface area (Å²) in [5, 5.41) is 0.899. The van der Waals surface area contributed by atoms with Crippen LogP contribution in [0.2, 0.25) is 0 Å². The van der Waals surface area contributed by atoms with Crippen molar-refractivity contribution in [3.63, 3.8) is 0 Å². The molecule has 2 aromatic carbocycles. The first-order chi connectivity index (χ1) is 14.2. The van der Waals surface area contributed by atoms with Crippen molar-refractivity contribution in [3.8, 4) is 0 Å². The molecule has 0 unspecified atom stereocenters. The average Bonchev–Trinajstić information content (AvgIpc) is 3.10. The number of fused-ring (bicyclic) bond motifs is 1. The monoisotopic (exact) mass is 403 g/mol. The lowest BCUT2D eigenvalue weighted by Gasteiger charge is -2.09. The molecule has 0 aliphatic rings. The number of benzene rings is 2. The maximum absolute atomic E-state index is 12.1. The predicted molar refractivity (Wildman–Crippen MR) is 115 cm³/mol. The number of thioether (sulfide) groups is 1. The molecule has 0 spiro atoms. The minimum atomic E-state index is -0.327. The fourth-order valence-corrected chi connectivity index (χ4v) is 4.06. The zero-order valence-electron chi connectivity index (χ0n) is 16.1. The van der Waals surface area contributed by atoms with Gasteiger partial charge in [0.05, 0.1) is 35.4 Å². The Labute approximate surface area is 173 Å². The fourth-order valence-electron chi connectivity index (χ4n) is 3.09. The zero-order valence-corrected chi connectivity index (χ0v) is 16.9. The second-order valence-corrected chi connectivity index (χ2v) is 7.44. The summed E-state index contributed by atoms with van der Waals surface area (Å²) < 4.78 is 7.28. The quantitative estimate of drug-likeness (QED) is 0.323. The molecule has 0 aliphatic heterocycles. The van der Waals surface area contributed by atoms with E-state index in [1.165, 1.54) is 5.56 Å². The summed E-state index contributed by atoms with van der Waals surface area (Å²) in [6.45, 7) is 2.77. The average molecular weight is 404 g/mol. The number of imidazole rings is 1. The number of carbonyl (C=O) groups excluding carboxylic acids is 1. The number of nitrogens with zero attached hydrogens (tertiary/aromatic N) is 3. The van der Waals surface area contributed by atoms with Gasteiger partial charge in [0.2, 0.25) is 0 Å². The number of pyridine rings is 1. The second kappa shape index (κ2) is 8.92. The van der Waals surface area contributed by atoms with E-state index in [0.717, 1.165) is 27.6 Å². The normalized spacial score (nSPS) is 10.9. The molecular formula is C23H21N3O2S. The molecule has 0 saturated carbocycles. The number of esters is 1. The molecule has 2 heterocycles. The van der Waals surface area contributed by atoms with Crippen LogP contribution in [0.1, 0.15) is 28.5 Å². The molecule has 0 fully saturated rings. The Hall–Kier alpha value is -3.12. The highest BCUT2D eigenvalue weighted by Crippen LogP contribution is 2.28. The third-order valence-electron chi connectivity index (χ3n) is 4.48. The fraction of sp³-hybridized carbons (Fsp3) is 0.174. The van der Waals surface area contributed by atoms with Crippen molar-refractivity contribution in [3.05, 3.63) is 89.7 Å². The summed E-state index contributed by atoms with van der Waals surface area (Å²) in [6, 6.07) is 21.7. The van der Waals surface area contributed by atoms with Crippen LogP contribution in [-0.2, 0) is 17.0 Å². The number of carbonyl (C=O) groups is 1. The van der Waals surface area contributed by atoms with Crippen molar-refractivity contribution in [1.29, 1.82) is 0 Å². The first-order valence-electron chi connectivity index (χ1n) is 9.48. The van der Waals surface area contributed by atoms with Crippen LogP contribution in [0.15, 0.2) is 78.1 Å². The van der Waals surface area contributed by atoms with Gasteiger partial charge < -0.3 is 9.30 Å². The van der Waals surface area contributed by atoms with E-state index in [1.807, 2.05) is 42.5 Å². The van der Waals surface area contributed by atoms with Gasteiger partial charge in [-0.05, 0) is 42.8 Å². The molecule has 0 saturated heterocycles. The summed E-state index contributed by atoms with van der Waals surface area (Å²) in [4.78, 5) is 21.4. The van der Waals surface area contributed by atoms with Gasteiger partial charge >= 0.3 is 5.97 Å². The molecule has 0 N–H and O–H groups in total. The molecule has 4 rings (SSSR count). The highest BCUT2D eigenvalue weighted by atomic mass is 32.2. The van der Waals surface area contributed by atoms with E-state index in [9.17, 15) is 4.79 Å². The van der Waals surface area contributed by atoms with Crippen LogP contribution in [0.25, 0.3) is 11.0 Å². The highest BCUT2D eigenvalue weighted by Gasteiger charge is 2.15. The molecule has 29 heavy (non-hydrogen) atoms. The summed E-state index contributed by atoms with van der Waals surface area (Å²) >= 11 is 1.68. The molecule has 0 amide bonds. The lowest BCUT2D eigenvalue weighted by atomic mass is 10.2. The summed E-state index contributed by atoms with van der Waals surface area (Å²) in [5.74, 6) is 0.490. The third-order valence-corrected chi connectivity index (χ3v) is 5.53. The van der Waals surface area contributed by atoms with E-state index >= 15 is 0 Å². The van der Waals surface area contributed by atoms with Crippen molar-refractivity contribution in [2.75, 3.05) is 6.61 Å². The van der Waals surface area contributed by atoms with Gasteiger partial charge in [-0.2, -0.15) is 0 Å². The SMILES string of the molecule is CCOC(=O)c1ccc2c(c1)nc(SCc1ccccc1)n2Cc1ccccn1. The first kappa shape index (κ1) is 19.2.